The number of benzene rings is 2. The van der Waals surface area contributed by atoms with Crippen LogP contribution in [0.25, 0.3) is 33.9 Å². The molecule has 0 atom stereocenters. The van der Waals surface area contributed by atoms with Gasteiger partial charge in [-0.3, -0.25) is 0 Å². The van der Waals surface area contributed by atoms with Gasteiger partial charge in [0.2, 0.25) is 0 Å². The van der Waals surface area contributed by atoms with E-state index in [9.17, 15) is 4.79 Å². The predicted molar refractivity (Wildman–Crippen MR) is 122 cm³/mol. The second-order valence-corrected chi connectivity index (χ2v) is 7.58. The number of anilines is 2. The number of hydrogen-bond acceptors (Lipinski definition) is 5. The lowest BCUT2D eigenvalue weighted by Crippen LogP contribution is -2.19. The molecule has 0 unspecified atom stereocenters. The maximum absolute atomic E-state index is 12.4. The van der Waals surface area contributed by atoms with Crippen molar-refractivity contribution in [2.45, 2.75) is 0 Å². The molecular weight excluding hydrogens is 460 g/mol. The first-order valence-corrected chi connectivity index (χ1v) is 10.2. The van der Waals surface area contributed by atoms with Gasteiger partial charge in [0.05, 0.1) is 23.6 Å². The molecule has 0 bridgehead atoms. The van der Waals surface area contributed by atoms with Gasteiger partial charge >= 0.3 is 6.03 Å². The van der Waals surface area contributed by atoms with Crippen LogP contribution in [0.5, 0.6) is 0 Å². The van der Waals surface area contributed by atoms with Gasteiger partial charge in [-0.25, -0.2) is 14.8 Å². The Morgan fingerprint density at radius 3 is 1.94 bits per heavy atom. The predicted octanol–water partition coefficient (Wildman–Crippen LogP) is 6.56. The molecule has 0 spiro atoms. The normalized spacial score (nSPS) is 10.9. The summed E-state index contributed by atoms with van der Waals surface area (Å²) >= 11 is 3.37. The van der Waals surface area contributed by atoms with Crippen LogP contribution in [0.4, 0.5) is 16.2 Å². The molecule has 0 saturated carbocycles. The number of hydrogen-bond donors (Lipinski definition) is 2. The van der Waals surface area contributed by atoms with Crippen LogP contribution in [0.2, 0.25) is 0 Å². The Labute approximate surface area is 185 Å². The summed E-state index contributed by atoms with van der Waals surface area (Å²) in [6.07, 6.45) is 3.17. The van der Waals surface area contributed by atoms with Gasteiger partial charge in [0.15, 0.2) is 11.5 Å². The first-order valence-electron chi connectivity index (χ1n) is 9.39. The first kappa shape index (κ1) is 19.1. The summed E-state index contributed by atoms with van der Waals surface area (Å²) < 4.78 is 12.0. The highest BCUT2D eigenvalue weighted by atomic mass is 79.9. The smallest absolute Gasteiger partial charge is 0.323 e. The summed E-state index contributed by atoms with van der Waals surface area (Å²) in [5.74, 6) is 1.17. The lowest BCUT2D eigenvalue weighted by atomic mass is 10.1. The van der Waals surface area contributed by atoms with E-state index >= 15 is 0 Å². The van der Waals surface area contributed by atoms with Crippen LogP contribution in [-0.2, 0) is 0 Å². The van der Waals surface area contributed by atoms with Crippen molar-refractivity contribution in [2.24, 2.45) is 0 Å². The van der Waals surface area contributed by atoms with E-state index in [4.69, 9.17) is 18.8 Å². The van der Waals surface area contributed by atoms with E-state index in [0.717, 1.165) is 4.47 Å². The molecular formula is C23H15BrN4O3. The lowest BCUT2D eigenvalue weighted by Gasteiger charge is -2.10. The van der Waals surface area contributed by atoms with Gasteiger partial charge in [-0.1, -0.05) is 15.9 Å². The SMILES string of the molecule is O=C(Nc1ccc(Br)cc1)Nc1ccc2nc(-c3ccco3)c(-c3ccco3)nc2c1. The van der Waals surface area contributed by atoms with Crippen LogP contribution in [-0.4, -0.2) is 16.0 Å². The molecule has 0 aliphatic rings. The molecule has 2 amide bonds. The average Bonchev–Trinajstić information content (AvgIpc) is 3.49. The molecule has 0 aliphatic heterocycles. The lowest BCUT2D eigenvalue weighted by molar-refractivity contribution is 0.262. The minimum Gasteiger partial charge on any atom is -0.463 e. The Morgan fingerprint density at radius 2 is 1.32 bits per heavy atom. The van der Waals surface area contributed by atoms with Gasteiger partial charge in [-0.2, -0.15) is 0 Å². The topological polar surface area (TPSA) is 93.2 Å². The first-order chi connectivity index (χ1) is 15.2. The summed E-state index contributed by atoms with van der Waals surface area (Å²) in [6, 6.07) is 19.5. The number of amides is 2. The van der Waals surface area contributed by atoms with Crippen molar-refractivity contribution in [1.82, 2.24) is 9.97 Å². The van der Waals surface area contributed by atoms with E-state index < -0.39 is 0 Å². The fraction of sp³-hybridized carbons (Fsp3) is 0. The summed E-state index contributed by atoms with van der Waals surface area (Å²) in [5, 5.41) is 5.61. The standard InChI is InChI=1S/C23H15BrN4O3/c24-14-5-7-15(8-6-14)25-23(29)26-16-9-10-17-18(13-16)28-22(20-4-2-12-31-20)21(27-17)19-3-1-11-30-19/h1-13H,(H2,25,26,29). The maximum atomic E-state index is 12.4. The number of halogens is 1. The Balaban J connectivity index is 1.47. The zero-order valence-corrected chi connectivity index (χ0v) is 17.6. The van der Waals surface area contributed by atoms with Crippen LogP contribution < -0.4 is 10.6 Å². The quantitative estimate of drug-likeness (QED) is 0.307. The van der Waals surface area contributed by atoms with Crippen molar-refractivity contribution in [1.29, 1.82) is 0 Å². The molecule has 0 fully saturated rings. The molecule has 0 radical (unpaired) electrons. The molecule has 0 saturated heterocycles. The summed E-state index contributed by atoms with van der Waals surface area (Å²) in [6.45, 7) is 0. The number of furan rings is 2. The fourth-order valence-electron chi connectivity index (χ4n) is 3.13. The van der Waals surface area contributed by atoms with Crippen molar-refractivity contribution in [2.75, 3.05) is 10.6 Å². The third-order valence-electron chi connectivity index (χ3n) is 4.53. The molecule has 3 heterocycles. The van der Waals surface area contributed by atoms with Crippen LogP contribution in [0, 0.1) is 0 Å². The number of fused-ring (bicyclic) bond motifs is 1. The summed E-state index contributed by atoms with van der Waals surface area (Å²) in [4.78, 5) is 21.8. The van der Waals surface area contributed by atoms with Gasteiger partial charge in [0.1, 0.15) is 11.4 Å². The van der Waals surface area contributed by atoms with Crippen molar-refractivity contribution in [3.05, 3.63) is 83.7 Å². The van der Waals surface area contributed by atoms with Crippen molar-refractivity contribution >= 4 is 44.4 Å². The molecule has 2 aromatic carbocycles. The minimum atomic E-state index is -0.354. The fourth-order valence-corrected chi connectivity index (χ4v) is 3.39. The Kier molecular flexibility index (Phi) is 4.97. The Bertz CT molecular complexity index is 1350. The van der Waals surface area contributed by atoms with E-state index in [-0.39, 0.29) is 6.03 Å². The third-order valence-corrected chi connectivity index (χ3v) is 5.06. The largest absolute Gasteiger partial charge is 0.463 e. The van der Waals surface area contributed by atoms with Crippen LogP contribution in [0.15, 0.2) is 92.6 Å². The van der Waals surface area contributed by atoms with Crippen LogP contribution in [0.3, 0.4) is 0 Å². The van der Waals surface area contributed by atoms with E-state index in [1.807, 2.05) is 24.3 Å². The summed E-state index contributed by atoms with van der Waals surface area (Å²) in [5.41, 5.74) is 3.70. The van der Waals surface area contributed by atoms with Crippen LogP contribution in [0.1, 0.15) is 0 Å². The van der Waals surface area contributed by atoms with Gasteiger partial charge in [-0.05, 0) is 66.7 Å². The highest BCUT2D eigenvalue weighted by molar-refractivity contribution is 9.10. The minimum absolute atomic E-state index is 0.354. The third kappa shape index (κ3) is 4.06. The number of nitrogens with one attached hydrogen (secondary N) is 2. The average molecular weight is 475 g/mol. The van der Waals surface area contributed by atoms with Crippen molar-refractivity contribution in [3.8, 4) is 22.9 Å². The molecule has 2 N–H and O–H groups in total. The Morgan fingerprint density at radius 1 is 0.742 bits per heavy atom. The second kappa shape index (κ2) is 8.08. The Hall–Kier alpha value is -3.91. The zero-order chi connectivity index (χ0) is 21.2. The molecule has 5 aromatic rings. The second-order valence-electron chi connectivity index (χ2n) is 6.66. The van der Waals surface area contributed by atoms with E-state index in [1.54, 1.807) is 55.0 Å². The molecule has 0 aliphatic carbocycles. The van der Waals surface area contributed by atoms with E-state index in [1.165, 1.54) is 0 Å². The molecule has 7 nitrogen and oxygen atoms in total. The number of rotatable bonds is 4. The highest BCUT2D eigenvalue weighted by Gasteiger charge is 2.17. The van der Waals surface area contributed by atoms with Gasteiger partial charge in [0.25, 0.3) is 0 Å². The van der Waals surface area contributed by atoms with E-state index in [2.05, 4.69) is 26.6 Å². The molecule has 5 rings (SSSR count). The number of aromatic nitrogens is 2. The van der Waals surface area contributed by atoms with E-state index in [0.29, 0.717) is 45.3 Å². The molecule has 8 heteroatoms. The van der Waals surface area contributed by atoms with Crippen LogP contribution >= 0.6 is 15.9 Å². The maximum Gasteiger partial charge on any atom is 0.323 e. The zero-order valence-electron chi connectivity index (χ0n) is 16.0. The van der Waals surface area contributed by atoms with Gasteiger partial charge < -0.3 is 19.5 Å². The number of nitrogens with zero attached hydrogens (tertiary/aromatic N) is 2. The molecule has 152 valence electrons. The number of carbonyl (C=O) groups is 1. The monoisotopic (exact) mass is 474 g/mol. The molecule has 31 heavy (non-hydrogen) atoms. The van der Waals surface area contributed by atoms with Crippen molar-refractivity contribution < 1.29 is 13.6 Å². The van der Waals surface area contributed by atoms with Crippen molar-refractivity contribution in [3.63, 3.8) is 0 Å². The highest BCUT2D eigenvalue weighted by Crippen LogP contribution is 2.32. The van der Waals surface area contributed by atoms with Gasteiger partial charge in [0, 0.05) is 15.8 Å². The number of carbonyl (C=O) groups excluding carboxylic acids is 1. The summed E-state index contributed by atoms with van der Waals surface area (Å²) in [7, 11) is 0. The van der Waals surface area contributed by atoms with Gasteiger partial charge in [-0.15, -0.1) is 0 Å². The number of urea groups is 1. The molecule has 3 aromatic heterocycles.